The van der Waals surface area contributed by atoms with Gasteiger partial charge >= 0.3 is 0 Å². The Bertz CT molecular complexity index is 319. The fourth-order valence-electron chi connectivity index (χ4n) is 2.17. The first-order valence-electron chi connectivity index (χ1n) is 5.85. The van der Waals surface area contributed by atoms with Crippen LogP contribution in [0.1, 0.15) is 62.1 Å². The lowest BCUT2D eigenvalue weighted by molar-refractivity contribution is 0.841. The van der Waals surface area contributed by atoms with E-state index >= 15 is 0 Å². The topological polar surface area (TPSA) is 0 Å². The van der Waals surface area contributed by atoms with Gasteiger partial charge in [0.15, 0.2) is 0 Å². The number of aryl methyl sites for hydroxylation is 1. The molecule has 76 valence electrons. The molecule has 0 aliphatic heterocycles. The van der Waals surface area contributed by atoms with Crippen LogP contribution >= 0.6 is 0 Å². The van der Waals surface area contributed by atoms with Crippen molar-refractivity contribution in [2.45, 2.75) is 51.9 Å². The maximum Gasteiger partial charge on any atom is -0.0161 e. The third-order valence-electron chi connectivity index (χ3n) is 3.22. The molecule has 0 bridgehead atoms. The van der Waals surface area contributed by atoms with Gasteiger partial charge in [0, 0.05) is 0 Å². The summed E-state index contributed by atoms with van der Waals surface area (Å²) in [7, 11) is 0. The van der Waals surface area contributed by atoms with Crippen LogP contribution in [0.5, 0.6) is 0 Å². The lowest BCUT2D eigenvalue weighted by atomic mass is 9.93. The minimum Gasteiger partial charge on any atom is -0.0613 e. The average Bonchev–Trinajstić information content (AvgIpc) is 3.00. The van der Waals surface area contributed by atoms with Gasteiger partial charge in [-0.05, 0) is 47.8 Å². The first-order chi connectivity index (χ1) is 6.72. The SMILES string of the molecule is CCc1cc(C2CC2)ccc1C(C)C. The van der Waals surface area contributed by atoms with E-state index in [2.05, 4.69) is 39.0 Å². The minimum absolute atomic E-state index is 0.665. The largest absolute Gasteiger partial charge is 0.0613 e. The van der Waals surface area contributed by atoms with Crippen LogP contribution in [-0.2, 0) is 6.42 Å². The first-order valence-corrected chi connectivity index (χ1v) is 5.85. The zero-order valence-corrected chi connectivity index (χ0v) is 9.51. The van der Waals surface area contributed by atoms with Crippen LogP contribution in [0.25, 0.3) is 0 Å². The lowest BCUT2D eigenvalue weighted by Gasteiger charge is -2.13. The van der Waals surface area contributed by atoms with Crippen molar-refractivity contribution < 1.29 is 0 Å². The molecular formula is C14H20. The maximum atomic E-state index is 2.44. The molecule has 0 heterocycles. The molecule has 0 saturated heterocycles. The summed E-state index contributed by atoms with van der Waals surface area (Å²) in [4.78, 5) is 0. The normalized spacial score (nSPS) is 16.3. The molecule has 0 amide bonds. The summed E-state index contributed by atoms with van der Waals surface area (Å²) >= 11 is 0. The van der Waals surface area contributed by atoms with Crippen LogP contribution < -0.4 is 0 Å². The van der Waals surface area contributed by atoms with Crippen molar-refractivity contribution in [1.82, 2.24) is 0 Å². The summed E-state index contributed by atoms with van der Waals surface area (Å²) in [5.74, 6) is 1.56. The van der Waals surface area contributed by atoms with Crippen molar-refractivity contribution in [1.29, 1.82) is 0 Å². The Morgan fingerprint density at radius 2 is 2.00 bits per heavy atom. The number of benzene rings is 1. The van der Waals surface area contributed by atoms with Crippen molar-refractivity contribution in [2.24, 2.45) is 0 Å². The van der Waals surface area contributed by atoms with Crippen molar-refractivity contribution in [3.05, 3.63) is 34.9 Å². The fourth-order valence-corrected chi connectivity index (χ4v) is 2.17. The van der Waals surface area contributed by atoms with Gasteiger partial charge in [0.25, 0.3) is 0 Å². The molecule has 1 aliphatic rings. The Morgan fingerprint density at radius 1 is 1.29 bits per heavy atom. The predicted molar refractivity (Wildman–Crippen MR) is 61.9 cm³/mol. The highest BCUT2D eigenvalue weighted by molar-refractivity contribution is 5.37. The smallest absolute Gasteiger partial charge is 0.0161 e. The summed E-state index contributed by atoms with van der Waals surface area (Å²) in [6.07, 6.45) is 3.99. The van der Waals surface area contributed by atoms with Gasteiger partial charge in [0.2, 0.25) is 0 Å². The molecule has 1 aromatic rings. The van der Waals surface area contributed by atoms with Crippen molar-refractivity contribution >= 4 is 0 Å². The second-order valence-corrected chi connectivity index (χ2v) is 4.74. The van der Waals surface area contributed by atoms with E-state index in [0.29, 0.717) is 5.92 Å². The highest BCUT2D eigenvalue weighted by atomic mass is 14.3. The highest BCUT2D eigenvalue weighted by Crippen LogP contribution is 2.41. The van der Waals surface area contributed by atoms with E-state index < -0.39 is 0 Å². The molecule has 0 unspecified atom stereocenters. The van der Waals surface area contributed by atoms with Crippen LogP contribution in [0.3, 0.4) is 0 Å². The van der Waals surface area contributed by atoms with Gasteiger partial charge in [-0.15, -0.1) is 0 Å². The fraction of sp³-hybridized carbons (Fsp3) is 0.571. The van der Waals surface area contributed by atoms with E-state index in [4.69, 9.17) is 0 Å². The van der Waals surface area contributed by atoms with Gasteiger partial charge in [-0.1, -0.05) is 39.0 Å². The third-order valence-corrected chi connectivity index (χ3v) is 3.22. The zero-order valence-electron chi connectivity index (χ0n) is 9.51. The Kier molecular flexibility index (Phi) is 2.62. The molecule has 0 nitrogen and oxygen atoms in total. The molecular weight excluding hydrogens is 168 g/mol. The molecule has 1 saturated carbocycles. The first kappa shape index (κ1) is 9.76. The molecule has 0 aromatic heterocycles. The van der Waals surface area contributed by atoms with Gasteiger partial charge < -0.3 is 0 Å². The molecule has 0 heteroatoms. The van der Waals surface area contributed by atoms with Crippen LogP contribution in [0.15, 0.2) is 18.2 Å². The molecule has 0 atom stereocenters. The average molecular weight is 188 g/mol. The zero-order chi connectivity index (χ0) is 10.1. The van der Waals surface area contributed by atoms with E-state index in [9.17, 15) is 0 Å². The summed E-state index contributed by atoms with van der Waals surface area (Å²) in [6.45, 7) is 6.83. The third kappa shape index (κ3) is 1.84. The van der Waals surface area contributed by atoms with Crippen LogP contribution in [0.4, 0.5) is 0 Å². The van der Waals surface area contributed by atoms with Gasteiger partial charge in [-0.2, -0.15) is 0 Å². The van der Waals surface area contributed by atoms with Crippen molar-refractivity contribution in [3.8, 4) is 0 Å². The van der Waals surface area contributed by atoms with E-state index in [-0.39, 0.29) is 0 Å². The molecule has 0 N–H and O–H groups in total. The molecule has 14 heavy (non-hydrogen) atoms. The summed E-state index contributed by atoms with van der Waals surface area (Å²) in [6, 6.07) is 7.12. The van der Waals surface area contributed by atoms with E-state index in [1.807, 2.05) is 0 Å². The summed E-state index contributed by atoms with van der Waals surface area (Å²) < 4.78 is 0. The Morgan fingerprint density at radius 3 is 2.50 bits per heavy atom. The number of hydrogen-bond acceptors (Lipinski definition) is 0. The van der Waals surface area contributed by atoms with Gasteiger partial charge in [-0.3, -0.25) is 0 Å². The van der Waals surface area contributed by atoms with Gasteiger partial charge in [0.1, 0.15) is 0 Å². The monoisotopic (exact) mass is 188 g/mol. The summed E-state index contributed by atoms with van der Waals surface area (Å²) in [5, 5.41) is 0. The van der Waals surface area contributed by atoms with E-state index in [1.165, 1.54) is 24.8 Å². The maximum absolute atomic E-state index is 2.44. The lowest BCUT2D eigenvalue weighted by Crippen LogP contribution is -1.96. The standard InChI is InChI=1S/C14H20/c1-4-11-9-13(12-5-6-12)7-8-14(11)10(2)3/h7-10,12H,4-6H2,1-3H3. The van der Waals surface area contributed by atoms with Crippen molar-refractivity contribution in [3.63, 3.8) is 0 Å². The molecule has 1 aliphatic carbocycles. The molecule has 0 radical (unpaired) electrons. The van der Waals surface area contributed by atoms with Gasteiger partial charge in [0.05, 0.1) is 0 Å². The van der Waals surface area contributed by atoms with Crippen LogP contribution in [0.2, 0.25) is 0 Å². The second kappa shape index (κ2) is 3.76. The minimum atomic E-state index is 0.665. The Balaban J connectivity index is 2.33. The molecule has 1 aromatic carbocycles. The Hall–Kier alpha value is -0.780. The van der Waals surface area contributed by atoms with Crippen LogP contribution in [0, 0.1) is 0 Å². The van der Waals surface area contributed by atoms with E-state index in [1.54, 1.807) is 11.1 Å². The molecule has 2 rings (SSSR count). The summed E-state index contributed by atoms with van der Waals surface area (Å²) in [5.41, 5.74) is 4.67. The van der Waals surface area contributed by atoms with E-state index in [0.717, 1.165) is 5.92 Å². The van der Waals surface area contributed by atoms with Crippen molar-refractivity contribution in [2.75, 3.05) is 0 Å². The number of rotatable bonds is 3. The Labute approximate surface area is 87.3 Å². The predicted octanol–water partition coefficient (Wildman–Crippen LogP) is 4.25. The quantitative estimate of drug-likeness (QED) is 0.665. The second-order valence-electron chi connectivity index (χ2n) is 4.74. The molecule has 1 fully saturated rings. The molecule has 0 spiro atoms. The van der Waals surface area contributed by atoms with Crippen LogP contribution in [-0.4, -0.2) is 0 Å². The van der Waals surface area contributed by atoms with Gasteiger partial charge in [-0.25, -0.2) is 0 Å². The highest BCUT2D eigenvalue weighted by Gasteiger charge is 2.23. The number of hydrogen-bond donors (Lipinski definition) is 0.